The number of benzene rings is 1. The summed E-state index contributed by atoms with van der Waals surface area (Å²) < 4.78 is 26.3. The maximum Gasteiger partial charge on any atom is 0.237 e. The summed E-state index contributed by atoms with van der Waals surface area (Å²) in [6.45, 7) is 3.92. The molecule has 100 valence electrons. The summed E-state index contributed by atoms with van der Waals surface area (Å²) in [5.41, 5.74) is 7.31. The van der Waals surface area contributed by atoms with Gasteiger partial charge in [0.25, 0.3) is 0 Å². The van der Waals surface area contributed by atoms with Gasteiger partial charge in [-0.3, -0.25) is 4.31 Å². The SMILES string of the molecule is CC(C)S(=O)(=O)N(c1ccc(CN)cc1)C1CC1. The van der Waals surface area contributed by atoms with Gasteiger partial charge in [-0.2, -0.15) is 0 Å². The van der Waals surface area contributed by atoms with Gasteiger partial charge in [0.2, 0.25) is 10.0 Å². The van der Waals surface area contributed by atoms with Crippen LogP contribution in [0.1, 0.15) is 32.3 Å². The van der Waals surface area contributed by atoms with Gasteiger partial charge in [0.05, 0.1) is 10.9 Å². The highest BCUT2D eigenvalue weighted by Crippen LogP contribution is 2.35. The van der Waals surface area contributed by atoms with Crippen molar-refractivity contribution in [1.29, 1.82) is 0 Å². The van der Waals surface area contributed by atoms with Crippen LogP contribution in [0.5, 0.6) is 0 Å². The summed E-state index contributed by atoms with van der Waals surface area (Å²) in [4.78, 5) is 0. The third kappa shape index (κ3) is 2.52. The number of hydrogen-bond donors (Lipinski definition) is 1. The summed E-state index contributed by atoms with van der Waals surface area (Å²) in [6, 6.07) is 7.61. The molecule has 2 rings (SSSR count). The predicted octanol–water partition coefficient (Wildman–Crippen LogP) is 1.85. The number of rotatable bonds is 5. The van der Waals surface area contributed by atoms with E-state index in [0.29, 0.717) is 6.54 Å². The van der Waals surface area contributed by atoms with Crippen molar-refractivity contribution in [3.63, 3.8) is 0 Å². The molecule has 0 spiro atoms. The zero-order valence-electron chi connectivity index (χ0n) is 10.8. The van der Waals surface area contributed by atoms with Gasteiger partial charge in [0.1, 0.15) is 0 Å². The van der Waals surface area contributed by atoms with E-state index in [0.717, 1.165) is 24.1 Å². The zero-order chi connectivity index (χ0) is 13.3. The van der Waals surface area contributed by atoms with Gasteiger partial charge in [-0.05, 0) is 44.4 Å². The standard InChI is InChI=1S/C13H20N2O2S/c1-10(2)18(16,17)15(13-7-8-13)12-5-3-11(9-14)4-6-12/h3-6,10,13H,7-9,14H2,1-2H3. The molecule has 0 radical (unpaired) electrons. The maximum atomic E-state index is 12.4. The van der Waals surface area contributed by atoms with Gasteiger partial charge in [-0.1, -0.05) is 12.1 Å². The van der Waals surface area contributed by atoms with E-state index in [1.165, 1.54) is 0 Å². The van der Waals surface area contributed by atoms with Gasteiger partial charge in [-0.25, -0.2) is 8.42 Å². The van der Waals surface area contributed by atoms with Crippen LogP contribution in [0.3, 0.4) is 0 Å². The molecule has 0 unspecified atom stereocenters. The van der Waals surface area contributed by atoms with Gasteiger partial charge in [0, 0.05) is 12.6 Å². The van der Waals surface area contributed by atoms with Crippen molar-refractivity contribution in [2.24, 2.45) is 5.73 Å². The fourth-order valence-electron chi connectivity index (χ4n) is 1.88. The average Bonchev–Trinajstić information content (AvgIpc) is 3.14. The van der Waals surface area contributed by atoms with E-state index in [1.807, 2.05) is 24.3 Å². The number of anilines is 1. The molecule has 1 saturated carbocycles. The minimum absolute atomic E-state index is 0.140. The third-order valence-corrected chi connectivity index (χ3v) is 5.42. The quantitative estimate of drug-likeness (QED) is 0.886. The largest absolute Gasteiger partial charge is 0.326 e. The van der Waals surface area contributed by atoms with Crippen molar-refractivity contribution < 1.29 is 8.42 Å². The topological polar surface area (TPSA) is 63.4 Å². The van der Waals surface area contributed by atoms with E-state index < -0.39 is 15.3 Å². The van der Waals surface area contributed by atoms with Crippen molar-refractivity contribution in [3.05, 3.63) is 29.8 Å². The Hall–Kier alpha value is -1.07. The summed E-state index contributed by atoms with van der Waals surface area (Å²) >= 11 is 0. The number of sulfonamides is 1. The first-order chi connectivity index (χ1) is 8.46. The molecule has 0 bridgehead atoms. The fraction of sp³-hybridized carbons (Fsp3) is 0.538. The fourth-order valence-corrected chi connectivity index (χ4v) is 3.38. The monoisotopic (exact) mass is 268 g/mol. The smallest absolute Gasteiger partial charge is 0.237 e. The molecule has 0 amide bonds. The average molecular weight is 268 g/mol. The molecular formula is C13H20N2O2S. The Kier molecular flexibility index (Phi) is 3.64. The Morgan fingerprint density at radius 3 is 2.22 bits per heavy atom. The lowest BCUT2D eigenvalue weighted by atomic mass is 10.2. The molecule has 0 aliphatic heterocycles. The van der Waals surface area contributed by atoms with E-state index in [2.05, 4.69) is 0 Å². The van der Waals surface area contributed by atoms with Crippen LogP contribution in [0, 0.1) is 0 Å². The van der Waals surface area contributed by atoms with Crippen LogP contribution >= 0.6 is 0 Å². The van der Waals surface area contributed by atoms with Gasteiger partial charge in [0.15, 0.2) is 0 Å². The Bertz CT molecular complexity index is 504. The molecule has 0 aromatic heterocycles. The summed E-state index contributed by atoms with van der Waals surface area (Å²) in [5, 5.41) is -0.396. The maximum absolute atomic E-state index is 12.4. The molecule has 1 fully saturated rings. The van der Waals surface area contributed by atoms with E-state index in [4.69, 9.17) is 5.73 Å². The first-order valence-electron chi connectivity index (χ1n) is 6.29. The minimum atomic E-state index is -3.25. The van der Waals surface area contributed by atoms with Crippen LogP contribution in [-0.2, 0) is 16.6 Å². The molecular weight excluding hydrogens is 248 g/mol. The summed E-state index contributed by atoms with van der Waals surface area (Å²) in [7, 11) is -3.25. The Morgan fingerprint density at radius 2 is 1.83 bits per heavy atom. The minimum Gasteiger partial charge on any atom is -0.326 e. The molecule has 0 atom stereocenters. The second kappa shape index (κ2) is 4.90. The predicted molar refractivity (Wildman–Crippen MR) is 73.9 cm³/mol. The lowest BCUT2D eigenvalue weighted by molar-refractivity contribution is 0.581. The van der Waals surface area contributed by atoms with E-state index in [-0.39, 0.29) is 6.04 Å². The second-order valence-electron chi connectivity index (χ2n) is 4.99. The number of nitrogens with zero attached hydrogens (tertiary/aromatic N) is 1. The lowest BCUT2D eigenvalue weighted by Crippen LogP contribution is -2.38. The van der Waals surface area contributed by atoms with Crippen LogP contribution in [-0.4, -0.2) is 19.7 Å². The van der Waals surface area contributed by atoms with E-state index in [9.17, 15) is 8.42 Å². The molecule has 1 aliphatic carbocycles. The molecule has 4 nitrogen and oxygen atoms in total. The highest BCUT2D eigenvalue weighted by atomic mass is 32.2. The second-order valence-corrected chi connectivity index (χ2v) is 7.36. The van der Waals surface area contributed by atoms with Crippen molar-refractivity contribution in [3.8, 4) is 0 Å². The Morgan fingerprint density at radius 1 is 1.28 bits per heavy atom. The van der Waals surface area contributed by atoms with Crippen LogP contribution in [0.2, 0.25) is 0 Å². The normalized spacial score (nSPS) is 16.0. The lowest BCUT2D eigenvalue weighted by Gasteiger charge is -2.26. The van der Waals surface area contributed by atoms with Crippen molar-refractivity contribution >= 4 is 15.7 Å². The highest BCUT2D eigenvalue weighted by Gasteiger charge is 2.38. The molecule has 1 aliphatic rings. The van der Waals surface area contributed by atoms with E-state index >= 15 is 0 Å². The van der Waals surface area contributed by atoms with Crippen LogP contribution in [0.15, 0.2) is 24.3 Å². The van der Waals surface area contributed by atoms with Crippen molar-refractivity contribution in [2.75, 3.05) is 4.31 Å². The number of nitrogens with two attached hydrogens (primary N) is 1. The molecule has 1 aromatic carbocycles. The third-order valence-electron chi connectivity index (χ3n) is 3.17. The van der Waals surface area contributed by atoms with E-state index in [1.54, 1.807) is 18.2 Å². The number of hydrogen-bond acceptors (Lipinski definition) is 3. The van der Waals surface area contributed by atoms with Gasteiger partial charge < -0.3 is 5.73 Å². The highest BCUT2D eigenvalue weighted by molar-refractivity contribution is 7.93. The Labute approximate surface area is 109 Å². The van der Waals surface area contributed by atoms with Crippen LogP contribution < -0.4 is 10.0 Å². The van der Waals surface area contributed by atoms with Gasteiger partial charge in [-0.15, -0.1) is 0 Å². The van der Waals surface area contributed by atoms with Crippen molar-refractivity contribution in [2.45, 2.75) is 44.5 Å². The van der Waals surface area contributed by atoms with Crippen LogP contribution in [0.4, 0.5) is 5.69 Å². The molecule has 18 heavy (non-hydrogen) atoms. The van der Waals surface area contributed by atoms with Crippen LogP contribution in [0.25, 0.3) is 0 Å². The molecule has 1 aromatic rings. The first-order valence-corrected chi connectivity index (χ1v) is 7.79. The first kappa shape index (κ1) is 13.4. The molecule has 2 N–H and O–H groups in total. The Balaban J connectivity index is 2.36. The van der Waals surface area contributed by atoms with Crippen molar-refractivity contribution in [1.82, 2.24) is 0 Å². The molecule has 0 heterocycles. The molecule has 0 saturated heterocycles. The zero-order valence-corrected chi connectivity index (χ0v) is 11.7. The van der Waals surface area contributed by atoms with Gasteiger partial charge >= 0.3 is 0 Å². The summed E-state index contributed by atoms with van der Waals surface area (Å²) in [5.74, 6) is 0. The molecule has 5 heteroatoms. The summed E-state index contributed by atoms with van der Waals surface area (Å²) in [6.07, 6.45) is 1.90.